The fraction of sp³-hybridized carbons (Fsp3) is 0.600. The van der Waals surface area contributed by atoms with E-state index < -0.39 is 8.32 Å². The molecule has 0 N–H and O–H groups in total. The summed E-state index contributed by atoms with van der Waals surface area (Å²) >= 11 is 2.29. The average molecular weight is 675 g/mol. The van der Waals surface area contributed by atoms with Crippen LogP contribution in [-0.4, -0.2) is 98.6 Å². The van der Waals surface area contributed by atoms with Gasteiger partial charge in [-0.2, -0.15) is 0 Å². The molecule has 9 heteroatoms. The summed E-state index contributed by atoms with van der Waals surface area (Å²) in [5, 5.41) is 2.51. The highest BCUT2D eigenvalue weighted by atomic mass is 127. The zero-order valence-corrected chi connectivity index (χ0v) is 27.1. The molecule has 2 aromatic carbocycles. The third-order valence-electron chi connectivity index (χ3n) is 6.04. The van der Waals surface area contributed by atoms with Gasteiger partial charge in [-0.3, -0.25) is 0 Å². The molecule has 0 amide bonds. The van der Waals surface area contributed by atoms with E-state index in [-0.39, 0.29) is 5.04 Å². The summed E-state index contributed by atoms with van der Waals surface area (Å²) < 4.78 is 41.1. The standard InChI is InChI=1S/C30H47IO7Si/c1-30(2,3)39(28-10-6-4-7-11-28,29-12-8-5-9-13-29)38-27-26-37-25-24-36-23-22-35-21-20-34-19-18-33-17-16-32-15-14-31/h4-13H,14-27H2,1-3H3. The zero-order chi connectivity index (χ0) is 28.1. The van der Waals surface area contributed by atoms with Crippen molar-refractivity contribution in [3.8, 4) is 0 Å². The molecule has 220 valence electrons. The third-order valence-corrected chi connectivity index (χ3v) is 11.5. The molecule has 0 aromatic heterocycles. The first-order valence-corrected chi connectivity index (χ1v) is 17.2. The smallest absolute Gasteiger partial charge is 0.261 e. The fourth-order valence-corrected chi connectivity index (χ4v) is 9.13. The van der Waals surface area contributed by atoms with Crippen LogP contribution in [0.2, 0.25) is 5.04 Å². The molecule has 0 aliphatic rings. The summed E-state index contributed by atoms with van der Waals surface area (Å²) in [4.78, 5) is 0. The average Bonchev–Trinajstić information content (AvgIpc) is 2.94. The molecule has 0 heterocycles. The molecule has 2 rings (SSSR count). The van der Waals surface area contributed by atoms with E-state index in [1.165, 1.54) is 10.4 Å². The van der Waals surface area contributed by atoms with E-state index >= 15 is 0 Å². The number of alkyl halides is 1. The Labute approximate surface area is 250 Å². The molecule has 0 saturated carbocycles. The monoisotopic (exact) mass is 674 g/mol. The molecular formula is C30H47IO7Si. The van der Waals surface area contributed by atoms with Crippen LogP contribution in [-0.2, 0) is 32.8 Å². The molecule has 0 aliphatic heterocycles. The molecule has 0 radical (unpaired) electrons. The Morgan fingerprint density at radius 3 is 1.10 bits per heavy atom. The van der Waals surface area contributed by atoms with E-state index in [1.54, 1.807) is 0 Å². The Balaban J connectivity index is 1.55. The van der Waals surface area contributed by atoms with E-state index in [0.29, 0.717) is 79.3 Å². The van der Waals surface area contributed by atoms with Crippen LogP contribution < -0.4 is 10.4 Å². The zero-order valence-electron chi connectivity index (χ0n) is 23.9. The van der Waals surface area contributed by atoms with Gasteiger partial charge >= 0.3 is 0 Å². The van der Waals surface area contributed by atoms with Crippen LogP contribution in [0, 0.1) is 0 Å². The molecule has 2 aromatic rings. The fourth-order valence-electron chi connectivity index (χ4n) is 4.27. The van der Waals surface area contributed by atoms with Crippen LogP contribution in [0.15, 0.2) is 60.7 Å². The van der Waals surface area contributed by atoms with Gasteiger partial charge in [-0.05, 0) is 15.4 Å². The van der Waals surface area contributed by atoms with Gasteiger partial charge < -0.3 is 32.8 Å². The molecule has 0 fully saturated rings. The largest absolute Gasteiger partial charge is 0.405 e. The minimum atomic E-state index is -2.51. The van der Waals surface area contributed by atoms with Gasteiger partial charge in [-0.15, -0.1) is 0 Å². The van der Waals surface area contributed by atoms with Crippen molar-refractivity contribution in [2.24, 2.45) is 0 Å². The minimum Gasteiger partial charge on any atom is -0.405 e. The van der Waals surface area contributed by atoms with Crippen molar-refractivity contribution in [1.29, 1.82) is 0 Å². The lowest BCUT2D eigenvalue weighted by Gasteiger charge is -2.43. The summed E-state index contributed by atoms with van der Waals surface area (Å²) in [6.45, 7) is 14.2. The van der Waals surface area contributed by atoms with Gasteiger partial charge in [0.05, 0.1) is 85.9 Å². The maximum atomic E-state index is 6.83. The maximum absolute atomic E-state index is 6.83. The third kappa shape index (κ3) is 13.1. The normalized spacial score (nSPS) is 12.2. The van der Waals surface area contributed by atoms with E-state index in [2.05, 4.69) is 104 Å². The quantitative estimate of drug-likeness (QED) is 0.0762. The lowest BCUT2D eigenvalue weighted by molar-refractivity contribution is -0.0173. The van der Waals surface area contributed by atoms with Crippen molar-refractivity contribution < 1.29 is 32.8 Å². The predicted molar refractivity (Wildman–Crippen MR) is 167 cm³/mol. The Kier molecular flexibility index (Phi) is 18.4. The second-order valence-electron chi connectivity index (χ2n) is 9.87. The van der Waals surface area contributed by atoms with E-state index in [9.17, 15) is 0 Å². The summed E-state index contributed by atoms with van der Waals surface area (Å²) in [5.74, 6) is 0. The van der Waals surface area contributed by atoms with Gasteiger partial charge in [0, 0.05) is 4.43 Å². The molecule has 0 atom stereocenters. The highest BCUT2D eigenvalue weighted by molar-refractivity contribution is 14.1. The van der Waals surface area contributed by atoms with Crippen molar-refractivity contribution in [1.82, 2.24) is 0 Å². The van der Waals surface area contributed by atoms with E-state index in [0.717, 1.165) is 11.0 Å². The Morgan fingerprint density at radius 2 is 0.795 bits per heavy atom. The maximum Gasteiger partial charge on any atom is 0.261 e. The summed E-state index contributed by atoms with van der Waals surface area (Å²) in [7, 11) is -2.51. The number of benzene rings is 2. The van der Waals surface area contributed by atoms with Crippen LogP contribution in [0.1, 0.15) is 20.8 Å². The predicted octanol–water partition coefficient (Wildman–Crippen LogP) is 4.10. The highest BCUT2D eigenvalue weighted by Gasteiger charge is 2.49. The van der Waals surface area contributed by atoms with Gasteiger partial charge in [0.1, 0.15) is 0 Å². The number of hydrogen-bond acceptors (Lipinski definition) is 7. The summed E-state index contributed by atoms with van der Waals surface area (Å²) in [5.41, 5.74) is 0. The SMILES string of the molecule is CC(C)(C)[Si](OCCOCCOCCOCCOCCOCCOCCI)(c1ccccc1)c1ccccc1. The molecule has 0 aliphatic carbocycles. The van der Waals surface area contributed by atoms with Gasteiger partial charge in [0.15, 0.2) is 0 Å². The van der Waals surface area contributed by atoms with Crippen LogP contribution in [0.3, 0.4) is 0 Å². The number of hydrogen-bond donors (Lipinski definition) is 0. The lowest BCUT2D eigenvalue weighted by Crippen LogP contribution is -2.66. The van der Waals surface area contributed by atoms with Crippen LogP contribution in [0.4, 0.5) is 0 Å². The molecule has 0 saturated heterocycles. The molecule has 0 bridgehead atoms. The summed E-state index contributed by atoms with van der Waals surface area (Å²) in [6, 6.07) is 21.3. The van der Waals surface area contributed by atoms with Gasteiger partial charge in [-0.1, -0.05) is 104 Å². The minimum absolute atomic E-state index is 0.0409. The Hall–Kier alpha value is -0.893. The van der Waals surface area contributed by atoms with Crippen molar-refractivity contribution in [2.75, 3.05) is 90.3 Å². The molecular weight excluding hydrogens is 627 g/mol. The second kappa shape index (κ2) is 20.9. The van der Waals surface area contributed by atoms with Gasteiger partial charge in [0.2, 0.25) is 0 Å². The van der Waals surface area contributed by atoms with Crippen LogP contribution in [0.25, 0.3) is 0 Å². The number of halogens is 1. The number of ether oxygens (including phenoxy) is 6. The first-order chi connectivity index (χ1) is 19.0. The van der Waals surface area contributed by atoms with E-state index in [1.807, 2.05) is 0 Å². The second-order valence-corrected chi connectivity index (χ2v) is 15.3. The van der Waals surface area contributed by atoms with Crippen molar-refractivity contribution in [3.63, 3.8) is 0 Å². The molecule has 0 unspecified atom stereocenters. The van der Waals surface area contributed by atoms with Crippen LogP contribution in [0.5, 0.6) is 0 Å². The topological polar surface area (TPSA) is 64.6 Å². The molecule has 39 heavy (non-hydrogen) atoms. The van der Waals surface area contributed by atoms with E-state index in [4.69, 9.17) is 32.8 Å². The van der Waals surface area contributed by atoms with Crippen molar-refractivity contribution in [2.45, 2.75) is 25.8 Å². The van der Waals surface area contributed by atoms with Gasteiger partial charge in [-0.25, -0.2) is 0 Å². The first-order valence-electron chi connectivity index (χ1n) is 13.8. The van der Waals surface area contributed by atoms with Gasteiger partial charge in [0.25, 0.3) is 8.32 Å². The Morgan fingerprint density at radius 1 is 0.487 bits per heavy atom. The Bertz CT molecular complexity index is 797. The summed E-state index contributed by atoms with van der Waals surface area (Å²) in [6.07, 6.45) is 0. The first kappa shape index (κ1) is 34.3. The number of rotatable bonds is 23. The van der Waals surface area contributed by atoms with Crippen molar-refractivity contribution >= 4 is 41.3 Å². The van der Waals surface area contributed by atoms with Crippen LogP contribution >= 0.6 is 22.6 Å². The lowest BCUT2D eigenvalue weighted by atomic mass is 10.2. The molecule has 0 spiro atoms. The molecule has 7 nitrogen and oxygen atoms in total. The van der Waals surface area contributed by atoms with Crippen molar-refractivity contribution in [3.05, 3.63) is 60.7 Å². The highest BCUT2D eigenvalue weighted by Crippen LogP contribution is 2.36.